The first-order valence-corrected chi connectivity index (χ1v) is 27.5. The summed E-state index contributed by atoms with van der Waals surface area (Å²) in [4.78, 5) is 14.9. The molecule has 4 aliphatic rings. The number of Topliss-reactive ketones (excluding diaryl/α,β-unsaturated/α-hetero) is 1. The largest absolute Gasteiger partial charge is 0.417 e. The Bertz CT molecular complexity index is 1100. The van der Waals surface area contributed by atoms with Gasteiger partial charge in [-0.2, -0.15) is 0 Å². The van der Waals surface area contributed by atoms with Crippen molar-refractivity contribution in [3.8, 4) is 0 Å². The Morgan fingerprint density at radius 2 is 1.39 bits per heavy atom. The van der Waals surface area contributed by atoms with Crippen molar-refractivity contribution in [2.75, 3.05) is 6.61 Å². The first-order chi connectivity index (χ1) is 20.9. The highest BCUT2D eigenvalue weighted by molar-refractivity contribution is 6.74. The van der Waals surface area contributed by atoms with Crippen LogP contribution in [0.15, 0.2) is 0 Å². The summed E-state index contributed by atoms with van der Waals surface area (Å²) in [5.41, 5.74) is -1.25. The van der Waals surface area contributed by atoms with E-state index in [-0.39, 0.29) is 45.1 Å². The van der Waals surface area contributed by atoms with Gasteiger partial charge in [0, 0.05) is 24.0 Å². The van der Waals surface area contributed by atoms with Gasteiger partial charge < -0.3 is 18.4 Å². The van der Waals surface area contributed by atoms with Crippen LogP contribution in [0.2, 0.25) is 54.4 Å². The second-order valence-corrected chi connectivity index (χ2v) is 34.0. The molecule has 4 aliphatic carbocycles. The predicted octanol–water partition coefficient (Wildman–Crippen LogP) is 10.4. The Morgan fingerprint density at radius 1 is 0.826 bits per heavy atom. The van der Waals surface area contributed by atoms with E-state index in [1.54, 1.807) is 0 Å². The molecule has 0 aliphatic heterocycles. The summed E-state index contributed by atoms with van der Waals surface area (Å²) in [5, 5.41) is 12.8. The van der Waals surface area contributed by atoms with E-state index in [9.17, 15) is 9.90 Å². The van der Waals surface area contributed by atoms with Crippen molar-refractivity contribution >= 4 is 30.7 Å². The maximum Gasteiger partial charge on any atom is 0.192 e. The minimum atomic E-state index is -2.09. The third-order valence-electron chi connectivity index (χ3n) is 15.8. The van der Waals surface area contributed by atoms with Crippen molar-refractivity contribution in [1.82, 2.24) is 0 Å². The quantitative estimate of drug-likeness (QED) is 0.231. The van der Waals surface area contributed by atoms with Gasteiger partial charge in [0.15, 0.2) is 30.7 Å². The summed E-state index contributed by atoms with van der Waals surface area (Å²) in [7, 11) is -5.98. The molecular weight excluding hydrogens is 621 g/mol. The molecule has 4 fully saturated rings. The summed E-state index contributed by atoms with van der Waals surface area (Å²) in [6.07, 6.45) is 6.36. The minimum Gasteiger partial charge on any atom is -0.417 e. The lowest BCUT2D eigenvalue weighted by Crippen LogP contribution is -2.73. The van der Waals surface area contributed by atoms with Crippen LogP contribution in [0.4, 0.5) is 0 Å². The highest BCUT2D eigenvalue weighted by Crippen LogP contribution is 2.70. The standard InChI is InChI=1S/C38H74O5Si3/c1-16-46(17-2,18-3)43-38-24-21-28(26-41-44(12,13)34(4,5)6)37(38,11)33(40)32(39)31-30(38)20-19-27-25-29(22-23-36(27,31)10)42-45(14,15)35(7,8)9/h27-31,33,40H,16-26H2,1-15H3/t27-,28-,29+,30+,31+,33+,36+,37+,38+/m1/s1. The number of hydrogen-bond acceptors (Lipinski definition) is 5. The lowest BCUT2D eigenvalue weighted by Gasteiger charge is -2.66. The van der Waals surface area contributed by atoms with Gasteiger partial charge >= 0.3 is 0 Å². The van der Waals surface area contributed by atoms with Crippen LogP contribution in [0.25, 0.3) is 0 Å². The fourth-order valence-corrected chi connectivity index (χ4v) is 15.8. The fourth-order valence-electron chi connectivity index (χ4n) is 10.2. The molecule has 268 valence electrons. The van der Waals surface area contributed by atoms with Crippen LogP contribution in [-0.4, -0.2) is 60.3 Å². The SMILES string of the molecule is CC[Si](CC)(CC)O[C@]12CC[C@H](CO[Si](C)(C)C(C)(C)C)[C@@]1(C)[C@@H](O)C(=O)[C@@H]1[C@@H]2CC[C@@H]2C[C@@H](O[Si](C)(C)C(C)(C)C)CC[C@@]21C. The average molecular weight is 695 g/mol. The molecule has 0 aromatic heterocycles. The number of hydrogen-bond donors (Lipinski definition) is 1. The molecule has 4 rings (SSSR count). The Balaban J connectivity index is 1.74. The number of aliphatic hydroxyl groups is 1. The van der Waals surface area contributed by atoms with Crippen LogP contribution in [-0.2, 0) is 18.1 Å². The summed E-state index contributed by atoms with van der Waals surface area (Å²) in [5.74, 6) is 0.665. The Morgan fingerprint density at radius 3 is 1.91 bits per heavy atom. The molecule has 0 aromatic rings. The molecule has 4 saturated carbocycles. The zero-order valence-electron chi connectivity index (χ0n) is 32.8. The van der Waals surface area contributed by atoms with Crippen LogP contribution in [0.3, 0.4) is 0 Å². The first-order valence-electron chi connectivity index (χ1n) is 19.2. The van der Waals surface area contributed by atoms with Crippen LogP contribution in [0.1, 0.15) is 121 Å². The van der Waals surface area contributed by atoms with E-state index in [2.05, 4.69) is 102 Å². The highest BCUT2D eigenvalue weighted by atomic mass is 28.4. The number of fused-ring (bicyclic) bond motifs is 5. The summed E-state index contributed by atoms with van der Waals surface area (Å²) >= 11 is 0. The predicted molar refractivity (Wildman–Crippen MR) is 200 cm³/mol. The molecule has 9 atom stereocenters. The van der Waals surface area contributed by atoms with Gasteiger partial charge in [-0.1, -0.05) is 76.2 Å². The number of carbonyl (C=O) groups is 1. The molecule has 0 saturated heterocycles. The van der Waals surface area contributed by atoms with Crippen molar-refractivity contribution in [3.05, 3.63) is 0 Å². The minimum absolute atomic E-state index is 0.109. The van der Waals surface area contributed by atoms with Gasteiger partial charge in [-0.15, -0.1) is 0 Å². The number of rotatable bonds is 10. The molecular formula is C38H74O5Si3. The second kappa shape index (κ2) is 12.7. The maximum atomic E-state index is 14.9. The lowest BCUT2D eigenvalue weighted by molar-refractivity contribution is -0.230. The fraction of sp³-hybridized carbons (Fsp3) is 0.974. The monoisotopic (exact) mass is 694 g/mol. The molecule has 0 spiro atoms. The Hall–Kier alpha value is 0.161. The van der Waals surface area contributed by atoms with Gasteiger partial charge in [-0.05, 0) is 123 Å². The van der Waals surface area contributed by atoms with E-state index in [4.69, 9.17) is 13.3 Å². The van der Waals surface area contributed by atoms with E-state index in [0.29, 0.717) is 12.5 Å². The van der Waals surface area contributed by atoms with Gasteiger partial charge in [0.2, 0.25) is 0 Å². The van der Waals surface area contributed by atoms with Crippen molar-refractivity contribution in [3.63, 3.8) is 0 Å². The second-order valence-electron chi connectivity index (χ2n) is 19.8. The normalized spacial score (nSPS) is 39.2. The number of aliphatic hydroxyl groups excluding tert-OH is 1. The van der Waals surface area contributed by atoms with Crippen LogP contribution < -0.4 is 0 Å². The smallest absolute Gasteiger partial charge is 0.192 e. The van der Waals surface area contributed by atoms with Crippen molar-refractivity contribution in [1.29, 1.82) is 0 Å². The third kappa shape index (κ3) is 6.10. The number of carbonyl (C=O) groups excluding carboxylic acids is 1. The zero-order valence-corrected chi connectivity index (χ0v) is 35.8. The summed E-state index contributed by atoms with van der Waals surface area (Å²) in [6, 6.07) is 3.24. The molecule has 0 unspecified atom stereocenters. The van der Waals surface area contributed by atoms with E-state index in [1.807, 2.05) is 0 Å². The maximum absolute atomic E-state index is 14.9. The summed E-state index contributed by atoms with van der Waals surface area (Å²) in [6.45, 7) is 35.5. The van der Waals surface area contributed by atoms with Crippen molar-refractivity contribution in [2.24, 2.45) is 34.5 Å². The van der Waals surface area contributed by atoms with Gasteiger partial charge in [0.1, 0.15) is 6.10 Å². The average Bonchev–Trinajstić information content (AvgIpc) is 3.24. The third-order valence-corrected chi connectivity index (χ3v) is 29.5. The molecule has 0 heterocycles. The van der Waals surface area contributed by atoms with Crippen LogP contribution >= 0.6 is 0 Å². The van der Waals surface area contributed by atoms with E-state index in [1.165, 1.54) is 0 Å². The first kappa shape index (κ1) is 39.0. The van der Waals surface area contributed by atoms with E-state index >= 15 is 0 Å². The van der Waals surface area contributed by atoms with Gasteiger partial charge in [-0.25, -0.2) is 0 Å². The molecule has 0 aromatic carbocycles. The van der Waals surface area contributed by atoms with Gasteiger partial charge in [0.25, 0.3) is 0 Å². The molecule has 0 radical (unpaired) electrons. The number of ketones is 1. The summed E-state index contributed by atoms with van der Waals surface area (Å²) < 4.78 is 21.8. The van der Waals surface area contributed by atoms with Crippen molar-refractivity contribution < 1.29 is 23.2 Å². The van der Waals surface area contributed by atoms with Gasteiger partial charge in [-0.3, -0.25) is 4.79 Å². The Kier molecular flexibility index (Phi) is 10.8. The zero-order chi connectivity index (χ0) is 34.9. The van der Waals surface area contributed by atoms with Crippen molar-refractivity contribution in [2.45, 2.75) is 193 Å². The highest BCUT2D eigenvalue weighted by Gasteiger charge is 2.75. The van der Waals surface area contributed by atoms with E-state index < -0.39 is 42.1 Å². The molecule has 8 heteroatoms. The van der Waals surface area contributed by atoms with Crippen LogP contribution in [0, 0.1) is 34.5 Å². The van der Waals surface area contributed by atoms with Crippen LogP contribution in [0.5, 0.6) is 0 Å². The van der Waals surface area contributed by atoms with Gasteiger partial charge in [0.05, 0.1) is 5.60 Å². The lowest BCUT2D eigenvalue weighted by atomic mass is 9.42. The molecule has 0 bridgehead atoms. The molecule has 0 amide bonds. The van der Waals surface area contributed by atoms with E-state index in [0.717, 1.165) is 63.1 Å². The molecule has 1 N–H and O–H groups in total. The molecule has 46 heavy (non-hydrogen) atoms. The Labute approximate surface area is 287 Å². The molecule has 5 nitrogen and oxygen atoms in total. The topological polar surface area (TPSA) is 65.0 Å².